The molecule has 2 heterocycles. The van der Waals surface area contributed by atoms with Crippen LogP contribution < -0.4 is 10.6 Å². The maximum atomic E-state index is 12.9. The van der Waals surface area contributed by atoms with Gasteiger partial charge in [0.15, 0.2) is 0 Å². The molecule has 0 aliphatic carbocycles. The number of carbonyl (C=O) groups is 2. The fraction of sp³-hybridized carbons (Fsp3) is 0.150. The Hall–Kier alpha value is -4.19. The number of amides is 1. The van der Waals surface area contributed by atoms with Crippen LogP contribution in [0.25, 0.3) is 6.08 Å². The molecule has 1 amide bonds. The summed E-state index contributed by atoms with van der Waals surface area (Å²) in [6, 6.07) is 10.5. The summed E-state index contributed by atoms with van der Waals surface area (Å²) < 4.78 is 0.584. The van der Waals surface area contributed by atoms with Crippen molar-refractivity contribution >= 4 is 29.4 Å². The highest BCUT2D eigenvalue weighted by Crippen LogP contribution is 2.29. The van der Waals surface area contributed by atoms with Gasteiger partial charge in [-0.25, -0.2) is 0 Å². The third-order valence-corrected chi connectivity index (χ3v) is 4.49. The van der Waals surface area contributed by atoms with Crippen LogP contribution in [0.15, 0.2) is 45.8 Å². The number of nitrogens with zero attached hydrogens (tertiary/aromatic N) is 4. The molecule has 1 aliphatic heterocycles. The largest absolute Gasteiger partial charge is 0.494 e. The molecule has 0 fully saturated rings. The van der Waals surface area contributed by atoms with Crippen molar-refractivity contribution < 1.29 is 19.8 Å². The number of nitriles is 1. The van der Waals surface area contributed by atoms with Crippen molar-refractivity contribution in [3.63, 3.8) is 0 Å². The summed E-state index contributed by atoms with van der Waals surface area (Å²) in [4.78, 5) is 36.3. The fourth-order valence-corrected chi connectivity index (χ4v) is 3.00. The average molecular weight is 392 g/mol. The van der Waals surface area contributed by atoms with Crippen LogP contribution >= 0.6 is 0 Å². The van der Waals surface area contributed by atoms with Gasteiger partial charge >= 0.3 is 5.97 Å². The van der Waals surface area contributed by atoms with Crippen molar-refractivity contribution in [3.05, 3.63) is 62.9 Å². The van der Waals surface area contributed by atoms with E-state index in [1.807, 2.05) is 0 Å². The molecule has 2 N–H and O–H groups in total. The molecule has 29 heavy (non-hydrogen) atoms. The zero-order chi connectivity index (χ0) is 21.3. The molecular weight excluding hydrogens is 376 g/mol. The molecule has 0 radical (unpaired) electrons. The molecule has 3 rings (SSSR count). The van der Waals surface area contributed by atoms with E-state index in [0.717, 1.165) is 0 Å². The predicted molar refractivity (Wildman–Crippen MR) is 104 cm³/mol. The Morgan fingerprint density at radius 2 is 1.90 bits per heavy atom. The third kappa shape index (κ3) is 3.39. The lowest BCUT2D eigenvalue weighted by molar-refractivity contribution is -0.137. The Bertz CT molecular complexity index is 1190. The third-order valence-electron chi connectivity index (χ3n) is 4.49. The number of benzene rings is 1. The molecule has 0 atom stereocenters. The molecule has 0 spiro atoms. The molecule has 9 nitrogen and oxygen atoms in total. The highest BCUT2D eigenvalue weighted by Gasteiger charge is 2.30. The van der Waals surface area contributed by atoms with E-state index in [2.05, 4.69) is 5.10 Å². The van der Waals surface area contributed by atoms with E-state index in [4.69, 9.17) is 5.11 Å². The molecule has 2 aromatic rings. The van der Waals surface area contributed by atoms with Crippen molar-refractivity contribution in [1.82, 2.24) is 4.57 Å². The quantitative estimate of drug-likeness (QED) is 0.759. The predicted octanol–water partition coefficient (Wildman–Crippen LogP) is 1.62. The van der Waals surface area contributed by atoms with Crippen LogP contribution in [0.2, 0.25) is 0 Å². The van der Waals surface area contributed by atoms with Crippen LogP contribution in [0.5, 0.6) is 5.88 Å². The van der Waals surface area contributed by atoms with Crippen LogP contribution in [-0.4, -0.2) is 32.4 Å². The van der Waals surface area contributed by atoms with Crippen molar-refractivity contribution in [2.45, 2.75) is 20.4 Å². The minimum atomic E-state index is -1.36. The normalized spacial score (nSPS) is 14.8. The number of rotatable bonds is 4. The highest BCUT2D eigenvalue weighted by atomic mass is 16.4. The highest BCUT2D eigenvalue weighted by molar-refractivity contribution is 6.32. The fourth-order valence-electron chi connectivity index (χ4n) is 3.00. The summed E-state index contributed by atoms with van der Waals surface area (Å²) in [5, 5.41) is 34.3. The number of hydrazone groups is 1. The van der Waals surface area contributed by atoms with Crippen LogP contribution in [0.3, 0.4) is 0 Å². The van der Waals surface area contributed by atoms with Crippen molar-refractivity contribution in [2.24, 2.45) is 5.10 Å². The van der Waals surface area contributed by atoms with E-state index in [1.165, 1.54) is 18.0 Å². The van der Waals surface area contributed by atoms with E-state index >= 15 is 0 Å². The average Bonchev–Trinajstić information content (AvgIpc) is 2.97. The number of carboxylic acids is 1. The van der Waals surface area contributed by atoms with Gasteiger partial charge in [-0.2, -0.15) is 15.4 Å². The number of hydrogen-bond acceptors (Lipinski definition) is 6. The number of carbonyl (C=O) groups excluding carboxylic acids is 1. The minimum absolute atomic E-state index is 0.00946. The lowest BCUT2D eigenvalue weighted by Crippen LogP contribution is -2.28. The van der Waals surface area contributed by atoms with Crippen molar-refractivity contribution in [2.75, 3.05) is 5.01 Å². The van der Waals surface area contributed by atoms with Crippen LogP contribution in [-0.2, 0) is 16.1 Å². The Morgan fingerprint density at radius 1 is 1.24 bits per heavy atom. The Morgan fingerprint density at radius 3 is 2.48 bits per heavy atom. The minimum Gasteiger partial charge on any atom is -0.494 e. The summed E-state index contributed by atoms with van der Waals surface area (Å²) in [6.45, 7) is 2.22. The maximum absolute atomic E-state index is 12.9. The summed E-state index contributed by atoms with van der Waals surface area (Å²) in [7, 11) is 0. The van der Waals surface area contributed by atoms with Gasteiger partial charge in [-0.15, -0.1) is 0 Å². The van der Waals surface area contributed by atoms with Gasteiger partial charge in [0.05, 0.1) is 17.0 Å². The Balaban J connectivity index is 2.17. The second kappa shape index (κ2) is 7.44. The Labute approximate surface area is 165 Å². The first-order chi connectivity index (χ1) is 13.8. The molecule has 0 saturated heterocycles. The molecule has 0 saturated carbocycles. The lowest BCUT2D eigenvalue weighted by atomic mass is 10.0. The zero-order valence-electron chi connectivity index (χ0n) is 15.6. The number of aromatic hydroxyl groups is 1. The molecule has 0 unspecified atom stereocenters. The smallest absolute Gasteiger partial charge is 0.323 e. The summed E-state index contributed by atoms with van der Waals surface area (Å²) in [5.41, 5.74) is -0.00590. The number of aromatic nitrogens is 1. The first-order valence-corrected chi connectivity index (χ1v) is 8.51. The summed E-state index contributed by atoms with van der Waals surface area (Å²) in [5.74, 6) is -2.46. The van der Waals surface area contributed by atoms with Gasteiger partial charge in [0, 0.05) is 5.56 Å². The maximum Gasteiger partial charge on any atom is 0.323 e. The van der Waals surface area contributed by atoms with E-state index in [9.17, 15) is 24.8 Å². The first-order valence-electron chi connectivity index (χ1n) is 8.51. The number of carboxylic acid groups (broad SMARTS) is 1. The second-order valence-electron chi connectivity index (χ2n) is 6.33. The van der Waals surface area contributed by atoms with Crippen LogP contribution in [0.1, 0.15) is 23.6 Å². The monoisotopic (exact) mass is 392 g/mol. The topological polar surface area (TPSA) is 136 Å². The van der Waals surface area contributed by atoms with Gasteiger partial charge in [-0.1, -0.05) is 18.2 Å². The number of hydrogen-bond donors (Lipinski definition) is 2. The zero-order valence-corrected chi connectivity index (χ0v) is 15.6. The molecule has 9 heteroatoms. The van der Waals surface area contributed by atoms with Crippen molar-refractivity contribution in [3.8, 4) is 11.9 Å². The molecule has 0 bridgehead atoms. The second-order valence-corrected chi connectivity index (χ2v) is 6.33. The lowest BCUT2D eigenvalue weighted by Gasteiger charge is -2.14. The molecular formula is C20H16N4O5. The van der Waals surface area contributed by atoms with E-state index in [1.54, 1.807) is 43.3 Å². The van der Waals surface area contributed by atoms with E-state index < -0.39 is 29.9 Å². The summed E-state index contributed by atoms with van der Waals surface area (Å²) >= 11 is 0. The molecule has 1 aliphatic rings. The number of anilines is 1. The molecule has 146 valence electrons. The van der Waals surface area contributed by atoms with Gasteiger partial charge in [-0.3, -0.25) is 19.0 Å². The Kier molecular flexibility index (Phi) is 5.02. The van der Waals surface area contributed by atoms with E-state index in [-0.39, 0.29) is 22.3 Å². The number of pyridine rings is 1. The van der Waals surface area contributed by atoms with Crippen molar-refractivity contribution in [1.29, 1.82) is 5.26 Å². The van der Waals surface area contributed by atoms with Gasteiger partial charge in [0.25, 0.3) is 11.5 Å². The molecule has 1 aromatic carbocycles. The van der Waals surface area contributed by atoms with Gasteiger partial charge in [0.2, 0.25) is 5.88 Å². The first kappa shape index (κ1) is 19.6. The number of aliphatic carboxylic acids is 1. The summed E-state index contributed by atoms with van der Waals surface area (Å²) in [6.07, 6.45) is 1.31. The molecule has 1 aromatic heterocycles. The van der Waals surface area contributed by atoms with Gasteiger partial charge in [0.1, 0.15) is 18.2 Å². The van der Waals surface area contributed by atoms with Crippen LogP contribution in [0, 0.1) is 18.3 Å². The standard InChI is InChI=1S/C20H16N4O5/c1-11-14(18(27)23(10-17(25)26)19(28)16(11)9-21)8-15-12(2)22-24(20(15)29)13-6-4-3-5-7-13/h3-8,27H,10H2,1-2H3,(H,25,26). The van der Waals surface area contributed by atoms with E-state index in [0.29, 0.717) is 16.0 Å². The number of para-hydroxylation sites is 1. The van der Waals surface area contributed by atoms with Gasteiger partial charge in [-0.05, 0) is 37.6 Å². The van der Waals surface area contributed by atoms with Gasteiger partial charge < -0.3 is 10.2 Å². The SMILES string of the molecule is CC1=NN(c2ccccc2)C(=O)C1=Cc1c(C)c(C#N)c(=O)n(CC(=O)O)c1O. The van der Waals surface area contributed by atoms with Crippen LogP contribution in [0.4, 0.5) is 5.69 Å².